The first-order valence-electron chi connectivity index (χ1n) is 4.93. The number of hydrogen-bond donors (Lipinski definition) is 1. The van der Waals surface area contributed by atoms with Crippen molar-refractivity contribution in [2.45, 2.75) is 12.5 Å². The van der Waals surface area contributed by atoms with E-state index in [1.165, 1.54) is 0 Å². The van der Waals surface area contributed by atoms with E-state index in [9.17, 15) is 0 Å². The van der Waals surface area contributed by atoms with Gasteiger partial charge in [-0.2, -0.15) is 0 Å². The molecule has 0 spiro atoms. The average molecular weight is 193 g/mol. The molecule has 0 aliphatic carbocycles. The van der Waals surface area contributed by atoms with E-state index < -0.39 is 0 Å². The van der Waals surface area contributed by atoms with Gasteiger partial charge < -0.3 is 14.8 Å². The lowest BCUT2D eigenvalue weighted by atomic mass is 10.2. The number of ether oxygens (including phenoxy) is 2. The molecule has 0 amide bonds. The van der Waals surface area contributed by atoms with Crippen LogP contribution in [-0.2, 0) is 0 Å². The van der Waals surface area contributed by atoms with Crippen LogP contribution in [0.4, 0.5) is 0 Å². The highest BCUT2D eigenvalue weighted by atomic mass is 16.5. The van der Waals surface area contributed by atoms with E-state index in [0.29, 0.717) is 0 Å². The number of fused-ring (bicyclic) bond motifs is 1. The van der Waals surface area contributed by atoms with Gasteiger partial charge in [0.2, 0.25) is 0 Å². The van der Waals surface area contributed by atoms with E-state index in [1.807, 2.05) is 31.3 Å². The Morgan fingerprint density at radius 3 is 2.93 bits per heavy atom. The standard InChI is InChI=1S/C11H15NO2/c1-12-8-9-6-7-13-10-4-2-3-5-11(10)14-9/h2-5,9,12H,6-8H2,1H3. The number of likely N-dealkylation sites (N-methyl/N-ethyl adjacent to an activating group) is 1. The first-order chi connectivity index (χ1) is 6.90. The van der Waals surface area contributed by atoms with Crippen LogP contribution in [0.2, 0.25) is 0 Å². The number of nitrogens with one attached hydrogen (secondary N) is 1. The minimum atomic E-state index is 0.212. The van der Waals surface area contributed by atoms with E-state index >= 15 is 0 Å². The summed E-state index contributed by atoms with van der Waals surface area (Å²) in [4.78, 5) is 0. The van der Waals surface area contributed by atoms with Crippen molar-refractivity contribution in [3.8, 4) is 11.5 Å². The molecule has 1 heterocycles. The van der Waals surface area contributed by atoms with Crippen molar-refractivity contribution in [2.75, 3.05) is 20.2 Å². The quantitative estimate of drug-likeness (QED) is 0.771. The van der Waals surface area contributed by atoms with Gasteiger partial charge in [-0.15, -0.1) is 0 Å². The molecule has 76 valence electrons. The largest absolute Gasteiger partial charge is 0.490 e. The SMILES string of the molecule is CNCC1CCOc2ccccc2O1. The Balaban J connectivity index is 2.14. The molecule has 0 fully saturated rings. The van der Waals surface area contributed by atoms with E-state index in [-0.39, 0.29) is 6.10 Å². The zero-order valence-electron chi connectivity index (χ0n) is 8.32. The van der Waals surface area contributed by atoms with Crippen LogP contribution >= 0.6 is 0 Å². The van der Waals surface area contributed by atoms with E-state index in [0.717, 1.165) is 31.1 Å². The summed E-state index contributed by atoms with van der Waals surface area (Å²) in [5.41, 5.74) is 0. The van der Waals surface area contributed by atoms with E-state index in [4.69, 9.17) is 9.47 Å². The zero-order chi connectivity index (χ0) is 9.80. The van der Waals surface area contributed by atoms with E-state index in [2.05, 4.69) is 5.32 Å². The Hall–Kier alpha value is -1.22. The fourth-order valence-corrected chi connectivity index (χ4v) is 1.58. The van der Waals surface area contributed by atoms with Crippen molar-refractivity contribution in [3.63, 3.8) is 0 Å². The van der Waals surface area contributed by atoms with Gasteiger partial charge in [-0.1, -0.05) is 12.1 Å². The number of para-hydroxylation sites is 2. The molecule has 1 N–H and O–H groups in total. The van der Waals surface area contributed by atoms with Crippen LogP contribution in [0.3, 0.4) is 0 Å². The molecule has 3 heteroatoms. The Morgan fingerprint density at radius 1 is 1.36 bits per heavy atom. The Morgan fingerprint density at radius 2 is 2.14 bits per heavy atom. The molecule has 14 heavy (non-hydrogen) atoms. The Bertz CT molecular complexity index is 301. The molecule has 1 aliphatic heterocycles. The highest BCUT2D eigenvalue weighted by Crippen LogP contribution is 2.30. The fourth-order valence-electron chi connectivity index (χ4n) is 1.58. The molecule has 2 rings (SSSR count). The Kier molecular flexibility index (Phi) is 2.89. The van der Waals surface area contributed by atoms with Gasteiger partial charge in [-0.25, -0.2) is 0 Å². The third-order valence-corrected chi connectivity index (χ3v) is 2.27. The van der Waals surface area contributed by atoms with Gasteiger partial charge in [0.1, 0.15) is 6.10 Å². The number of rotatable bonds is 2. The molecule has 3 nitrogen and oxygen atoms in total. The van der Waals surface area contributed by atoms with Crippen molar-refractivity contribution in [2.24, 2.45) is 0 Å². The topological polar surface area (TPSA) is 30.5 Å². The summed E-state index contributed by atoms with van der Waals surface area (Å²) >= 11 is 0. The van der Waals surface area contributed by atoms with Crippen molar-refractivity contribution in [1.29, 1.82) is 0 Å². The molecule has 1 atom stereocenters. The summed E-state index contributed by atoms with van der Waals surface area (Å²) < 4.78 is 11.4. The minimum absolute atomic E-state index is 0.212. The van der Waals surface area contributed by atoms with Gasteiger partial charge in [-0.3, -0.25) is 0 Å². The summed E-state index contributed by atoms with van der Waals surface area (Å²) in [5, 5.41) is 3.12. The van der Waals surface area contributed by atoms with Crippen molar-refractivity contribution >= 4 is 0 Å². The monoisotopic (exact) mass is 193 g/mol. The van der Waals surface area contributed by atoms with Crippen molar-refractivity contribution < 1.29 is 9.47 Å². The predicted octanol–water partition coefficient (Wildman–Crippen LogP) is 1.44. The van der Waals surface area contributed by atoms with Crippen LogP contribution in [0.5, 0.6) is 11.5 Å². The van der Waals surface area contributed by atoms with Crippen LogP contribution in [0, 0.1) is 0 Å². The third-order valence-electron chi connectivity index (χ3n) is 2.27. The number of hydrogen-bond acceptors (Lipinski definition) is 3. The van der Waals surface area contributed by atoms with Crippen LogP contribution in [-0.4, -0.2) is 26.3 Å². The zero-order valence-corrected chi connectivity index (χ0v) is 8.32. The van der Waals surface area contributed by atoms with Gasteiger partial charge in [0, 0.05) is 13.0 Å². The number of benzene rings is 1. The highest BCUT2D eigenvalue weighted by Gasteiger charge is 2.16. The lowest BCUT2D eigenvalue weighted by Gasteiger charge is -2.14. The highest BCUT2D eigenvalue weighted by molar-refractivity contribution is 5.40. The normalized spacial score (nSPS) is 20.2. The third kappa shape index (κ3) is 1.99. The second-order valence-corrected chi connectivity index (χ2v) is 3.38. The van der Waals surface area contributed by atoms with Crippen LogP contribution in [0.1, 0.15) is 6.42 Å². The smallest absolute Gasteiger partial charge is 0.161 e. The first kappa shape index (κ1) is 9.34. The molecule has 1 aromatic rings. The summed E-state index contributed by atoms with van der Waals surface area (Å²) in [6, 6.07) is 7.81. The van der Waals surface area contributed by atoms with E-state index in [1.54, 1.807) is 0 Å². The van der Waals surface area contributed by atoms with Crippen LogP contribution in [0.15, 0.2) is 24.3 Å². The van der Waals surface area contributed by atoms with Crippen LogP contribution < -0.4 is 14.8 Å². The molecule has 1 aromatic carbocycles. The van der Waals surface area contributed by atoms with Gasteiger partial charge >= 0.3 is 0 Å². The van der Waals surface area contributed by atoms with Crippen molar-refractivity contribution in [3.05, 3.63) is 24.3 Å². The molecule has 0 radical (unpaired) electrons. The summed E-state index contributed by atoms with van der Waals surface area (Å²) in [6.07, 6.45) is 1.14. The second kappa shape index (κ2) is 4.33. The Labute approximate surface area is 84.0 Å². The van der Waals surface area contributed by atoms with Gasteiger partial charge in [-0.05, 0) is 19.2 Å². The molecule has 0 bridgehead atoms. The first-order valence-corrected chi connectivity index (χ1v) is 4.93. The fraction of sp³-hybridized carbons (Fsp3) is 0.455. The lowest BCUT2D eigenvalue weighted by molar-refractivity contribution is 0.190. The maximum atomic E-state index is 5.81. The van der Waals surface area contributed by atoms with Crippen LogP contribution in [0.25, 0.3) is 0 Å². The second-order valence-electron chi connectivity index (χ2n) is 3.38. The lowest BCUT2D eigenvalue weighted by Crippen LogP contribution is -2.29. The maximum absolute atomic E-state index is 5.81. The maximum Gasteiger partial charge on any atom is 0.161 e. The molecule has 0 aromatic heterocycles. The van der Waals surface area contributed by atoms with Gasteiger partial charge in [0.15, 0.2) is 11.5 Å². The molecule has 1 aliphatic rings. The molecular formula is C11H15NO2. The minimum Gasteiger partial charge on any atom is -0.490 e. The van der Waals surface area contributed by atoms with Gasteiger partial charge in [0.05, 0.1) is 6.61 Å². The van der Waals surface area contributed by atoms with Gasteiger partial charge in [0.25, 0.3) is 0 Å². The molecule has 1 unspecified atom stereocenters. The summed E-state index contributed by atoms with van der Waals surface area (Å²) in [7, 11) is 1.93. The average Bonchev–Trinajstić information content (AvgIpc) is 2.40. The molecule has 0 saturated carbocycles. The predicted molar refractivity (Wildman–Crippen MR) is 54.9 cm³/mol. The molecular weight excluding hydrogens is 178 g/mol. The summed E-state index contributed by atoms with van der Waals surface area (Å²) in [5.74, 6) is 1.70. The summed E-state index contributed by atoms with van der Waals surface area (Å²) in [6.45, 7) is 1.58. The van der Waals surface area contributed by atoms with Crippen molar-refractivity contribution in [1.82, 2.24) is 5.32 Å². The molecule has 0 saturated heterocycles.